The SMILES string of the molecule is CCOC(=O)c1nnn(CCSC(F)(F)F)c1CCl. The van der Waals surface area contributed by atoms with Crippen LogP contribution in [0.3, 0.4) is 0 Å². The fourth-order valence-corrected chi connectivity index (χ4v) is 2.01. The fraction of sp³-hybridized carbons (Fsp3) is 0.667. The van der Waals surface area contributed by atoms with E-state index in [1.807, 2.05) is 0 Å². The van der Waals surface area contributed by atoms with Crippen LogP contribution >= 0.6 is 23.4 Å². The van der Waals surface area contributed by atoms with Crippen LogP contribution in [0.15, 0.2) is 0 Å². The summed E-state index contributed by atoms with van der Waals surface area (Å²) >= 11 is 5.48. The molecule has 1 aromatic heterocycles. The molecule has 0 atom stereocenters. The normalized spacial score (nSPS) is 11.6. The number of thioether (sulfide) groups is 1. The molecular formula is C9H11ClF3N3O2S. The van der Waals surface area contributed by atoms with E-state index in [0.717, 1.165) is 0 Å². The number of hydrogen-bond acceptors (Lipinski definition) is 5. The third-order valence-electron chi connectivity index (χ3n) is 2.00. The van der Waals surface area contributed by atoms with Gasteiger partial charge in [-0.25, -0.2) is 9.48 Å². The van der Waals surface area contributed by atoms with E-state index in [4.69, 9.17) is 16.3 Å². The summed E-state index contributed by atoms with van der Waals surface area (Å²) in [6, 6.07) is 0. The zero-order chi connectivity index (χ0) is 14.5. The maximum atomic E-state index is 12.0. The summed E-state index contributed by atoms with van der Waals surface area (Å²) in [5.41, 5.74) is -4.11. The average Bonchev–Trinajstić information content (AvgIpc) is 2.70. The van der Waals surface area contributed by atoms with Crippen LogP contribution in [0.2, 0.25) is 0 Å². The molecule has 108 valence electrons. The summed E-state index contributed by atoms with van der Waals surface area (Å²) in [5.74, 6) is -1.01. The van der Waals surface area contributed by atoms with Gasteiger partial charge in [-0.3, -0.25) is 0 Å². The number of ether oxygens (including phenoxy) is 1. The minimum atomic E-state index is -4.30. The molecule has 0 bridgehead atoms. The summed E-state index contributed by atoms with van der Waals surface area (Å²) in [6.07, 6.45) is 0. The molecule has 0 radical (unpaired) electrons. The number of carbonyl (C=O) groups excluding carboxylic acids is 1. The van der Waals surface area contributed by atoms with Crippen molar-refractivity contribution >= 4 is 29.3 Å². The number of halogens is 4. The second kappa shape index (κ2) is 6.99. The Balaban J connectivity index is 2.72. The highest BCUT2D eigenvalue weighted by molar-refractivity contribution is 8.00. The smallest absolute Gasteiger partial charge is 0.441 e. The molecule has 0 aliphatic heterocycles. The summed E-state index contributed by atoms with van der Waals surface area (Å²) in [6.45, 7) is 1.75. The van der Waals surface area contributed by atoms with Crippen LogP contribution in [0, 0.1) is 0 Å². The van der Waals surface area contributed by atoms with Gasteiger partial charge in [-0.2, -0.15) is 13.2 Å². The Morgan fingerprint density at radius 3 is 2.74 bits per heavy atom. The fourth-order valence-electron chi connectivity index (χ4n) is 1.25. The first-order valence-electron chi connectivity index (χ1n) is 5.25. The van der Waals surface area contributed by atoms with E-state index in [-0.39, 0.29) is 47.9 Å². The van der Waals surface area contributed by atoms with Crippen LogP contribution in [0.5, 0.6) is 0 Å². The molecule has 0 amide bonds. The van der Waals surface area contributed by atoms with Crippen LogP contribution in [-0.2, 0) is 17.2 Å². The van der Waals surface area contributed by atoms with Gasteiger partial charge in [0, 0.05) is 5.75 Å². The Bertz CT molecular complexity index is 439. The van der Waals surface area contributed by atoms with Crippen molar-refractivity contribution in [1.29, 1.82) is 0 Å². The maximum absolute atomic E-state index is 12.0. The number of nitrogens with zero attached hydrogens (tertiary/aromatic N) is 3. The van der Waals surface area contributed by atoms with E-state index in [0.29, 0.717) is 0 Å². The predicted octanol–water partition coefficient (Wildman–Crippen LogP) is 2.45. The molecule has 1 rings (SSSR count). The van der Waals surface area contributed by atoms with E-state index in [2.05, 4.69) is 10.3 Å². The van der Waals surface area contributed by atoms with Gasteiger partial charge in [0.05, 0.1) is 24.7 Å². The molecular weight excluding hydrogens is 307 g/mol. The van der Waals surface area contributed by atoms with Gasteiger partial charge < -0.3 is 4.74 Å². The number of carbonyl (C=O) groups is 1. The molecule has 0 N–H and O–H groups in total. The zero-order valence-corrected chi connectivity index (χ0v) is 11.5. The van der Waals surface area contributed by atoms with E-state index in [9.17, 15) is 18.0 Å². The largest absolute Gasteiger partial charge is 0.461 e. The Hall–Kier alpha value is -0.960. The second-order valence-electron chi connectivity index (χ2n) is 3.26. The van der Waals surface area contributed by atoms with Crippen LogP contribution in [0.4, 0.5) is 13.2 Å². The van der Waals surface area contributed by atoms with Crippen molar-refractivity contribution in [2.45, 2.75) is 24.9 Å². The molecule has 10 heteroatoms. The Morgan fingerprint density at radius 2 is 2.21 bits per heavy atom. The van der Waals surface area contributed by atoms with Gasteiger partial charge in [0.15, 0.2) is 5.69 Å². The van der Waals surface area contributed by atoms with Crippen molar-refractivity contribution in [3.8, 4) is 0 Å². The third-order valence-corrected chi connectivity index (χ3v) is 2.97. The second-order valence-corrected chi connectivity index (χ2v) is 4.68. The van der Waals surface area contributed by atoms with E-state index >= 15 is 0 Å². The first-order valence-corrected chi connectivity index (χ1v) is 6.77. The van der Waals surface area contributed by atoms with Gasteiger partial charge in [0.2, 0.25) is 0 Å². The standard InChI is InChI=1S/C9H11ClF3N3O2S/c1-2-18-8(17)7-6(5-10)16(15-14-7)3-4-19-9(11,12)13/h2-5H2,1H3. The van der Waals surface area contributed by atoms with Gasteiger partial charge in [-0.1, -0.05) is 5.21 Å². The van der Waals surface area contributed by atoms with Crippen molar-refractivity contribution in [3.05, 3.63) is 11.4 Å². The van der Waals surface area contributed by atoms with Crippen LogP contribution in [0.1, 0.15) is 23.1 Å². The van der Waals surface area contributed by atoms with Crippen molar-refractivity contribution < 1.29 is 22.7 Å². The molecule has 0 spiro atoms. The highest BCUT2D eigenvalue weighted by atomic mass is 35.5. The molecule has 19 heavy (non-hydrogen) atoms. The predicted molar refractivity (Wildman–Crippen MR) is 64.0 cm³/mol. The van der Waals surface area contributed by atoms with Gasteiger partial charge in [-0.15, -0.1) is 16.7 Å². The summed E-state index contributed by atoms with van der Waals surface area (Å²) < 4.78 is 41.9. The average molecular weight is 318 g/mol. The Kier molecular flexibility index (Phi) is 5.92. The lowest BCUT2D eigenvalue weighted by Gasteiger charge is -2.07. The Morgan fingerprint density at radius 1 is 1.53 bits per heavy atom. The molecule has 0 fully saturated rings. The summed E-state index contributed by atoms with van der Waals surface area (Å²) in [7, 11) is 0. The molecule has 1 heterocycles. The van der Waals surface area contributed by atoms with Crippen LogP contribution in [0.25, 0.3) is 0 Å². The number of rotatable bonds is 6. The summed E-state index contributed by atoms with van der Waals surface area (Å²) in [4.78, 5) is 11.5. The lowest BCUT2D eigenvalue weighted by atomic mass is 10.3. The maximum Gasteiger partial charge on any atom is 0.441 e. The van der Waals surface area contributed by atoms with E-state index in [1.54, 1.807) is 6.92 Å². The van der Waals surface area contributed by atoms with Crippen molar-refractivity contribution in [3.63, 3.8) is 0 Å². The number of alkyl halides is 4. The van der Waals surface area contributed by atoms with Crippen molar-refractivity contribution in [2.75, 3.05) is 12.4 Å². The lowest BCUT2D eigenvalue weighted by molar-refractivity contribution is -0.0328. The summed E-state index contributed by atoms with van der Waals surface area (Å²) in [5, 5.41) is 7.19. The van der Waals surface area contributed by atoms with E-state index in [1.165, 1.54) is 4.68 Å². The molecule has 0 unspecified atom stereocenters. The quantitative estimate of drug-likeness (QED) is 0.596. The van der Waals surface area contributed by atoms with Gasteiger partial charge in [-0.05, 0) is 18.7 Å². The first-order chi connectivity index (χ1) is 8.89. The van der Waals surface area contributed by atoms with Crippen LogP contribution in [-0.4, -0.2) is 38.8 Å². The van der Waals surface area contributed by atoms with Crippen molar-refractivity contribution in [1.82, 2.24) is 15.0 Å². The monoisotopic (exact) mass is 317 g/mol. The minimum Gasteiger partial charge on any atom is -0.461 e. The first kappa shape index (κ1) is 16.1. The molecule has 0 saturated heterocycles. The van der Waals surface area contributed by atoms with Gasteiger partial charge in [0.1, 0.15) is 0 Å². The Labute approximate surface area is 116 Å². The number of hydrogen-bond donors (Lipinski definition) is 0. The molecule has 0 saturated carbocycles. The molecule has 0 aliphatic carbocycles. The molecule has 0 aromatic carbocycles. The zero-order valence-electron chi connectivity index (χ0n) is 9.91. The number of aromatic nitrogens is 3. The van der Waals surface area contributed by atoms with Gasteiger partial charge in [0.25, 0.3) is 0 Å². The molecule has 1 aromatic rings. The minimum absolute atomic E-state index is 0.0430. The van der Waals surface area contributed by atoms with Crippen molar-refractivity contribution in [2.24, 2.45) is 0 Å². The third kappa shape index (κ3) is 4.90. The molecule has 0 aliphatic rings. The number of esters is 1. The highest BCUT2D eigenvalue weighted by Gasteiger charge is 2.28. The topological polar surface area (TPSA) is 57.0 Å². The van der Waals surface area contributed by atoms with Gasteiger partial charge >= 0.3 is 11.5 Å². The highest BCUT2D eigenvalue weighted by Crippen LogP contribution is 2.30. The molecule has 5 nitrogen and oxygen atoms in total. The lowest BCUT2D eigenvalue weighted by Crippen LogP contribution is -2.12. The van der Waals surface area contributed by atoms with E-state index < -0.39 is 11.5 Å². The van der Waals surface area contributed by atoms with Crippen LogP contribution < -0.4 is 0 Å². The number of aryl methyl sites for hydroxylation is 1.